The molecule has 44 heavy (non-hydrogen) atoms. The Kier molecular flexibility index (Phi) is 8.92. The average molecular weight is 622 g/mol. The predicted octanol–water partition coefficient (Wildman–Crippen LogP) is 5.80. The fourth-order valence-electron chi connectivity index (χ4n) is 5.46. The van der Waals surface area contributed by atoms with E-state index in [1.165, 1.54) is 27.5 Å². The van der Waals surface area contributed by atoms with Gasteiger partial charge < -0.3 is 9.64 Å². The Hall–Kier alpha value is -4.06. The number of ether oxygens (including phenoxy) is 1. The highest BCUT2D eigenvalue weighted by molar-refractivity contribution is 7.15. The van der Waals surface area contributed by atoms with Crippen molar-refractivity contribution in [1.29, 1.82) is 0 Å². The number of nitrogens with zero attached hydrogens (tertiary/aromatic N) is 7. The second-order valence-corrected chi connectivity index (χ2v) is 13.7. The third kappa shape index (κ3) is 7.01. The SMILES string of the molecule is Cc1cc(-c2cn(C3C[C@H](C(=O)N(C)CCCc4cc(-c5cccc(F)c5)n(C)n4)N(C(=O)OC(C)(C)C)C3)nn2)sc1C. The van der Waals surface area contributed by atoms with E-state index in [4.69, 9.17) is 4.74 Å². The van der Waals surface area contributed by atoms with Crippen molar-refractivity contribution in [2.24, 2.45) is 7.05 Å². The van der Waals surface area contributed by atoms with E-state index in [1.54, 1.807) is 38.7 Å². The Morgan fingerprint density at radius 3 is 2.64 bits per heavy atom. The highest BCUT2D eigenvalue weighted by atomic mass is 32.1. The fourth-order valence-corrected chi connectivity index (χ4v) is 6.44. The minimum absolute atomic E-state index is 0.148. The molecule has 1 aliphatic rings. The van der Waals surface area contributed by atoms with Crippen LogP contribution in [0.15, 0.2) is 42.6 Å². The molecule has 0 spiro atoms. The number of benzene rings is 1. The van der Waals surface area contributed by atoms with Gasteiger partial charge in [-0.2, -0.15) is 5.10 Å². The van der Waals surface area contributed by atoms with Crippen LogP contribution in [0.25, 0.3) is 21.8 Å². The quantitative estimate of drug-likeness (QED) is 0.247. The number of halogens is 1. The number of rotatable bonds is 8. The molecule has 4 heterocycles. The van der Waals surface area contributed by atoms with E-state index in [9.17, 15) is 14.0 Å². The molecule has 1 fully saturated rings. The number of aromatic nitrogens is 5. The van der Waals surface area contributed by atoms with Gasteiger partial charge in [-0.1, -0.05) is 17.3 Å². The average Bonchev–Trinajstić information content (AvgIpc) is 3.74. The van der Waals surface area contributed by atoms with Crippen molar-refractivity contribution >= 4 is 23.3 Å². The van der Waals surface area contributed by atoms with Crippen LogP contribution in [0.1, 0.15) is 55.8 Å². The summed E-state index contributed by atoms with van der Waals surface area (Å²) in [4.78, 5) is 32.5. The van der Waals surface area contributed by atoms with Gasteiger partial charge >= 0.3 is 6.09 Å². The smallest absolute Gasteiger partial charge is 0.411 e. The molecule has 2 atom stereocenters. The number of hydrogen-bond donors (Lipinski definition) is 0. The normalized spacial score (nSPS) is 16.9. The number of likely N-dealkylation sites (N-methyl/N-ethyl adjacent to an activating group) is 1. The standard InChI is InChI=1S/C32H40FN7O3S/c1-20-14-29(44-21(20)2)26-19-40(36-34-26)25-17-28(39(18-25)31(42)43-32(3,4)5)30(41)37(6)13-9-12-24-16-27(38(7)35-24)22-10-8-11-23(33)15-22/h8,10-11,14-16,19,25,28H,9,12-13,17-18H2,1-7H3/t25?,28-/m1/s1. The molecule has 3 aromatic heterocycles. The van der Waals surface area contributed by atoms with Crippen LogP contribution in [-0.4, -0.2) is 78.4 Å². The van der Waals surface area contributed by atoms with Gasteiger partial charge in [-0.3, -0.25) is 14.4 Å². The van der Waals surface area contributed by atoms with E-state index in [0.29, 0.717) is 32.4 Å². The number of thiophene rings is 1. The van der Waals surface area contributed by atoms with E-state index >= 15 is 0 Å². The van der Waals surface area contributed by atoms with E-state index in [0.717, 1.165) is 27.5 Å². The molecule has 12 heteroatoms. The van der Waals surface area contributed by atoms with Crippen LogP contribution in [0.5, 0.6) is 0 Å². The van der Waals surface area contributed by atoms with Crippen LogP contribution in [0.4, 0.5) is 9.18 Å². The number of carbonyl (C=O) groups excluding carboxylic acids is 2. The van der Waals surface area contributed by atoms with Gasteiger partial charge in [0.2, 0.25) is 5.91 Å². The summed E-state index contributed by atoms with van der Waals surface area (Å²) in [5.74, 6) is -0.443. The molecular weight excluding hydrogens is 581 g/mol. The van der Waals surface area contributed by atoms with Gasteiger partial charge in [0.05, 0.1) is 28.5 Å². The van der Waals surface area contributed by atoms with Gasteiger partial charge in [0.25, 0.3) is 0 Å². The molecule has 5 rings (SSSR count). The zero-order valence-electron chi connectivity index (χ0n) is 26.4. The monoisotopic (exact) mass is 621 g/mol. The Bertz CT molecular complexity index is 1630. The molecule has 0 bridgehead atoms. The van der Waals surface area contributed by atoms with E-state index in [2.05, 4.69) is 35.3 Å². The summed E-state index contributed by atoms with van der Waals surface area (Å²) in [5, 5.41) is 13.4. The van der Waals surface area contributed by atoms with Crippen LogP contribution in [0, 0.1) is 19.7 Å². The first kappa shape index (κ1) is 31.4. The molecule has 0 radical (unpaired) electrons. The van der Waals surface area contributed by atoms with Crippen LogP contribution >= 0.6 is 11.3 Å². The number of aryl methyl sites for hydroxylation is 4. The zero-order valence-corrected chi connectivity index (χ0v) is 27.2. The third-order valence-electron chi connectivity index (χ3n) is 7.85. The highest BCUT2D eigenvalue weighted by Crippen LogP contribution is 2.33. The summed E-state index contributed by atoms with van der Waals surface area (Å²) in [6, 6.07) is 9.59. The Labute approximate surface area is 261 Å². The molecule has 2 amide bonds. The van der Waals surface area contributed by atoms with Gasteiger partial charge in [0, 0.05) is 44.0 Å². The van der Waals surface area contributed by atoms with Crippen LogP contribution < -0.4 is 0 Å². The molecule has 1 saturated heterocycles. The van der Waals surface area contributed by atoms with Crippen molar-refractivity contribution in [2.75, 3.05) is 20.1 Å². The first-order valence-electron chi connectivity index (χ1n) is 14.8. The zero-order chi connectivity index (χ0) is 31.8. The minimum Gasteiger partial charge on any atom is -0.444 e. The summed E-state index contributed by atoms with van der Waals surface area (Å²) in [6.07, 6.45) is 3.11. The number of hydrogen-bond acceptors (Lipinski definition) is 7. The maximum Gasteiger partial charge on any atom is 0.411 e. The van der Waals surface area contributed by atoms with Crippen molar-refractivity contribution in [3.8, 4) is 21.8 Å². The Morgan fingerprint density at radius 2 is 1.95 bits per heavy atom. The van der Waals surface area contributed by atoms with Crippen LogP contribution in [0.3, 0.4) is 0 Å². The van der Waals surface area contributed by atoms with Crippen LogP contribution in [-0.2, 0) is 23.0 Å². The van der Waals surface area contributed by atoms with Crippen LogP contribution in [0.2, 0.25) is 0 Å². The van der Waals surface area contributed by atoms with Crippen molar-refractivity contribution < 1.29 is 18.7 Å². The molecule has 10 nitrogen and oxygen atoms in total. The largest absolute Gasteiger partial charge is 0.444 e. The molecule has 4 aromatic rings. The predicted molar refractivity (Wildman–Crippen MR) is 168 cm³/mol. The van der Waals surface area contributed by atoms with E-state index in [1.807, 2.05) is 46.1 Å². The van der Waals surface area contributed by atoms with Gasteiger partial charge in [0.1, 0.15) is 23.2 Å². The summed E-state index contributed by atoms with van der Waals surface area (Å²) in [5.41, 5.74) is 3.74. The first-order valence-corrected chi connectivity index (χ1v) is 15.6. The molecule has 1 aliphatic heterocycles. The maximum absolute atomic E-state index is 13.8. The van der Waals surface area contributed by atoms with Gasteiger partial charge in [0.15, 0.2) is 0 Å². The third-order valence-corrected chi connectivity index (χ3v) is 9.02. The molecule has 0 aliphatic carbocycles. The lowest BCUT2D eigenvalue weighted by molar-refractivity contribution is -0.134. The Balaban J connectivity index is 1.26. The number of likely N-dealkylation sites (tertiary alicyclic amines) is 1. The molecule has 1 aromatic carbocycles. The lowest BCUT2D eigenvalue weighted by Crippen LogP contribution is -2.48. The van der Waals surface area contributed by atoms with E-state index in [-0.39, 0.29) is 17.8 Å². The van der Waals surface area contributed by atoms with Crippen molar-refractivity contribution in [3.05, 3.63) is 64.5 Å². The summed E-state index contributed by atoms with van der Waals surface area (Å²) in [6.45, 7) is 10.4. The van der Waals surface area contributed by atoms with E-state index < -0.39 is 17.7 Å². The second kappa shape index (κ2) is 12.5. The maximum atomic E-state index is 13.8. The van der Waals surface area contributed by atoms with Crippen molar-refractivity contribution in [3.63, 3.8) is 0 Å². The molecule has 1 unspecified atom stereocenters. The van der Waals surface area contributed by atoms with Gasteiger partial charge in [-0.15, -0.1) is 16.4 Å². The Morgan fingerprint density at radius 1 is 1.18 bits per heavy atom. The molecular formula is C32H40FN7O3S. The van der Waals surface area contributed by atoms with Gasteiger partial charge in [-0.25, -0.2) is 13.9 Å². The van der Waals surface area contributed by atoms with Crippen molar-refractivity contribution in [1.82, 2.24) is 34.6 Å². The second-order valence-electron chi connectivity index (χ2n) is 12.5. The topological polar surface area (TPSA) is 98.4 Å². The summed E-state index contributed by atoms with van der Waals surface area (Å²) < 4.78 is 22.9. The number of carbonyl (C=O) groups is 2. The molecule has 0 N–H and O–H groups in total. The lowest BCUT2D eigenvalue weighted by Gasteiger charge is -2.30. The minimum atomic E-state index is -0.697. The lowest BCUT2D eigenvalue weighted by atomic mass is 10.1. The summed E-state index contributed by atoms with van der Waals surface area (Å²) in [7, 11) is 3.59. The molecule has 234 valence electrons. The first-order chi connectivity index (χ1) is 20.8. The van der Waals surface area contributed by atoms with Gasteiger partial charge in [-0.05, 0) is 77.3 Å². The summed E-state index contributed by atoms with van der Waals surface area (Å²) >= 11 is 1.67. The fraction of sp³-hybridized carbons (Fsp3) is 0.469. The number of amides is 2. The molecule has 0 saturated carbocycles. The van der Waals surface area contributed by atoms with Crippen molar-refractivity contribution in [2.45, 2.75) is 71.6 Å². The highest BCUT2D eigenvalue weighted by Gasteiger charge is 2.43.